The highest BCUT2D eigenvalue weighted by atomic mass is 79.9. The Bertz CT molecular complexity index is 610. The maximum atomic E-state index is 10.7. The molecule has 0 atom stereocenters. The second-order valence-electron chi connectivity index (χ2n) is 4.53. The van der Waals surface area contributed by atoms with Gasteiger partial charge in [0.05, 0.1) is 9.40 Å². The van der Waals surface area contributed by atoms with Crippen LogP contribution in [0.1, 0.15) is 18.9 Å². The Balaban J connectivity index is 1.99. The van der Waals surface area contributed by atoms with Gasteiger partial charge < -0.3 is 9.88 Å². The van der Waals surface area contributed by atoms with Crippen molar-refractivity contribution in [2.45, 2.75) is 26.4 Å². The van der Waals surface area contributed by atoms with Crippen molar-refractivity contribution in [3.8, 4) is 0 Å². The summed E-state index contributed by atoms with van der Waals surface area (Å²) in [5.74, 6) is 0. The van der Waals surface area contributed by atoms with Crippen LogP contribution in [0.5, 0.6) is 0 Å². The van der Waals surface area contributed by atoms with Gasteiger partial charge in [-0.1, -0.05) is 6.92 Å². The van der Waals surface area contributed by atoms with E-state index < -0.39 is 4.92 Å². The van der Waals surface area contributed by atoms with Crippen LogP contribution < -0.4 is 5.32 Å². The van der Waals surface area contributed by atoms with E-state index in [0.29, 0.717) is 11.0 Å². The van der Waals surface area contributed by atoms with E-state index in [9.17, 15) is 10.1 Å². The van der Waals surface area contributed by atoms with Gasteiger partial charge in [-0.05, 0) is 46.1 Å². The lowest BCUT2D eigenvalue weighted by Gasteiger charge is -2.06. The molecule has 106 valence electrons. The quantitative estimate of drug-likeness (QED) is 0.635. The van der Waals surface area contributed by atoms with Crippen LogP contribution in [0, 0.1) is 10.1 Å². The van der Waals surface area contributed by atoms with Crippen molar-refractivity contribution in [3.05, 3.63) is 56.8 Å². The number of nitro benzene ring substituents is 1. The summed E-state index contributed by atoms with van der Waals surface area (Å²) in [5.41, 5.74) is 2.11. The Morgan fingerprint density at radius 3 is 2.85 bits per heavy atom. The minimum Gasteiger partial charge on any atom is -0.381 e. The number of nitrogens with zero attached hydrogens (tertiary/aromatic N) is 2. The number of benzene rings is 1. The molecule has 1 aromatic heterocycles. The molecule has 0 fully saturated rings. The minimum absolute atomic E-state index is 0.0737. The van der Waals surface area contributed by atoms with E-state index in [1.807, 2.05) is 0 Å². The van der Waals surface area contributed by atoms with Crippen molar-refractivity contribution in [2.24, 2.45) is 0 Å². The van der Waals surface area contributed by atoms with E-state index in [1.54, 1.807) is 12.1 Å². The van der Waals surface area contributed by atoms with Crippen LogP contribution in [0.15, 0.2) is 41.1 Å². The molecule has 1 N–H and O–H groups in total. The Morgan fingerprint density at radius 1 is 1.40 bits per heavy atom. The van der Waals surface area contributed by atoms with Crippen molar-refractivity contribution in [2.75, 3.05) is 5.32 Å². The van der Waals surface area contributed by atoms with Gasteiger partial charge in [-0.2, -0.15) is 0 Å². The molecule has 20 heavy (non-hydrogen) atoms. The number of rotatable bonds is 6. The number of aromatic nitrogens is 1. The normalized spacial score (nSPS) is 10.5. The average Bonchev–Trinajstić information content (AvgIpc) is 2.84. The van der Waals surface area contributed by atoms with E-state index in [-0.39, 0.29) is 5.69 Å². The largest absolute Gasteiger partial charge is 0.381 e. The van der Waals surface area contributed by atoms with E-state index in [1.165, 1.54) is 11.6 Å². The van der Waals surface area contributed by atoms with E-state index in [0.717, 1.165) is 18.7 Å². The minimum atomic E-state index is -0.404. The van der Waals surface area contributed by atoms with E-state index in [4.69, 9.17) is 0 Å². The van der Waals surface area contributed by atoms with Crippen LogP contribution >= 0.6 is 15.9 Å². The third-order valence-corrected chi connectivity index (χ3v) is 3.57. The predicted molar refractivity (Wildman–Crippen MR) is 82.8 cm³/mol. The van der Waals surface area contributed by atoms with Crippen LogP contribution in [0.25, 0.3) is 0 Å². The Hall–Kier alpha value is -1.82. The topological polar surface area (TPSA) is 60.1 Å². The highest BCUT2D eigenvalue weighted by Gasteiger charge is 2.11. The third-order valence-electron chi connectivity index (χ3n) is 2.93. The number of aryl methyl sites for hydroxylation is 1. The monoisotopic (exact) mass is 337 g/mol. The summed E-state index contributed by atoms with van der Waals surface area (Å²) >= 11 is 3.21. The molecule has 2 rings (SSSR count). The van der Waals surface area contributed by atoms with Gasteiger partial charge in [0.2, 0.25) is 0 Å². The first-order valence-electron chi connectivity index (χ1n) is 6.42. The summed E-state index contributed by atoms with van der Waals surface area (Å²) < 4.78 is 2.64. The molecule has 2 aromatic rings. The second-order valence-corrected chi connectivity index (χ2v) is 5.39. The van der Waals surface area contributed by atoms with Gasteiger partial charge >= 0.3 is 0 Å². The molecule has 0 radical (unpaired) electrons. The predicted octanol–water partition coefficient (Wildman–Crippen LogP) is 4.18. The van der Waals surface area contributed by atoms with Crippen molar-refractivity contribution in [3.63, 3.8) is 0 Å². The van der Waals surface area contributed by atoms with Gasteiger partial charge in [0.1, 0.15) is 0 Å². The number of hydrogen-bond donors (Lipinski definition) is 1. The molecular formula is C14H16BrN3O2. The molecule has 0 aliphatic rings. The van der Waals surface area contributed by atoms with Gasteiger partial charge in [-0.25, -0.2) is 0 Å². The number of hydrogen-bond acceptors (Lipinski definition) is 3. The first kappa shape index (κ1) is 14.6. The second kappa shape index (κ2) is 6.56. The van der Waals surface area contributed by atoms with Crippen molar-refractivity contribution < 1.29 is 4.92 Å². The molecule has 6 heteroatoms. The number of anilines is 1. The molecule has 0 bridgehead atoms. The molecule has 0 saturated heterocycles. The Morgan fingerprint density at radius 2 is 2.20 bits per heavy atom. The number of nitro groups is 1. The lowest BCUT2D eigenvalue weighted by atomic mass is 10.2. The first-order chi connectivity index (χ1) is 9.60. The SMILES string of the molecule is CCCn1ccc(CNc2ccc([N+](=O)[O-])c(Br)c2)c1. The summed E-state index contributed by atoms with van der Waals surface area (Å²) in [6.45, 7) is 3.86. The fraction of sp³-hybridized carbons (Fsp3) is 0.286. The van der Waals surface area contributed by atoms with Gasteiger partial charge in [0.15, 0.2) is 0 Å². The maximum absolute atomic E-state index is 10.7. The number of nitrogens with one attached hydrogen (secondary N) is 1. The zero-order valence-electron chi connectivity index (χ0n) is 11.2. The maximum Gasteiger partial charge on any atom is 0.283 e. The summed E-state index contributed by atoms with van der Waals surface area (Å²) in [7, 11) is 0. The standard InChI is InChI=1S/C14H16BrN3O2/c1-2-6-17-7-5-11(10-17)9-16-12-3-4-14(18(19)20)13(15)8-12/h3-5,7-8,10,16H,2,6,9H2,1H3. The van der Waals surface area contributed by atoms with Crippen LogP contribution in [0.2, 0.25) is 0 Å². The molecule has 0 amide bonds. The fourth-order valence-electron chi connectivity index (χ4n) is 1.96. The highest BCUT2D eigenvalue weighted by molar-refractivity contribution is 9.10. The molecule has 1 heterocycles. The van der Waals surface area contributed by atoms with Crippen LogP contribution in [-0.4, -0.2) is 9.49 Å². The summed E-state index contributed by atoms with van der Waals surface area (Å²) in [5, 5.41) is 14.0. The van der Waals surface area contributed by atoms with Crippen LogP contribution in [-0.2, 0) is 13.1 Å². The average molecular weight is 338 g/mol. The fourth-order valence-corrected chi connectivity index (χ4v) is 2.49. The molecule has 5 nitrogen and oxygen atoms in total. The lowest BCUT2D eigenvalue weighted by molar-refractivity contribution is -0.385. The first-order valence-corrected chi connectivity index (χ1v) is 7.22. The van der Waals surface area contributed by atoms with Gasteiger partial charge in [0, 0.05) is 37.2 Å². The third kappa shape index (κ3) is 3.60. The molecule has 0 unspecified atom stereocenters. The van der Waals surface area contributed by atoms with Crippen LogP contribution in [0.4, 0.5) is 11.4 Å². The van der Waals surface area contributed by atoms with Crippen molar-refractivity contribution >= 4 is 27.3 Å². The molecule has 1 aromatic carbocycles. The zero-order valence-corrected chi connectivity index (χ0v) is 12.8. The van der Waals surface area contributed by atoms with E-state index >= 15 is 0 Å². The smallest absolute Gasteiger partial charge is 0.283 e. The Labute approximate surface area is 125 Å². The van der Waals surface area contributed by atoms with Gasteiger partial charge in [-0.3, -0.25) is 10.1 Å². The highest BCUT2D eigenvalue weighted by Crippen LogP contribution is 2.27. The summed E-state index contributed by atoms with van der Waals surface area (Å²) in [4.78, 5) is 10.3. The molecule has 0 saturated carbocycles. The molecule has 0 spiro atoms. The molecular weight excluding hydrogens is 322 g/mol. The van der Waals surface area contributed by atoms with Crippen molar-refractivity contribution in [1.82, 2.24) is 4.57 Å². The van der Waals surface area contributed by atoms with Crippen molar-refractivity contribution in [1.29, 1.82) is 0 Å². The number of halogens is 1. The molecule has 0 aliphatic heterocycles. The summed E-state index contributed by atoms with van der Waals surface area (Å²) in [6.07, 6.45) is 5.28. The van der Waals surface area contributed by atoms with Gasteiger partial charge in [-0.15, -0.1) is 0 Å². The Kier molecular flexibility index (Phi) is 4.79. The zero-order chi connectivity index (χ0) is 14.5. The molecule has 0 aliphatic carbocycles. The van der Waals surface area contributed by atoms with E-state index in [2.05, 4.69) is 51.2 Å². The summed E-state index contributed by atoms with van der Waals surface area (Å²) in [6, 6.07) is 7.00. The van der Waals surface area contributed by atoms with Gasteiger partial charge in [0.25, 0.3) is 5.69 Å². The lowest BCUT2D eigenvalue weighted by Crippen LogP contribution is -1.99. The van der Waals surface area contributed by atoms with Crippen LogP contribution in [0.3, 0.4) is 0 Å².